The van der Waals surface area contributed by atoms with Crippen LogP contribution in [0.2, 0.25) is 18.1 Å². The minimum atomic E-state index is -1.98. The predicted octanol–water partition coefficient (Wildman–Crippen LogP) is 3.85. The van der Waals surface area contributed by atoms with Crippen molar-refractivity contribution < 1.29 is 4.43 Å². The highest BCUT2D eigenvalue weighted by Gasteiger charge is 2.73. The Morgan fingerprint density at radius 2 is 1.39 bits per heavy atom. The smallest absolute Gasteiger partial charge is 0.249 e. The predicted molar refractivity (Wildman–Crippen MR) is 87.4 cm³/mol. The van der Waals surface area contributed by atoms with Gasteiger partial charge in [0.15, 0.2) is 10.8 Å². The number of rotatable bonds is 3. The standard InChI is InChI=1S/C17H22N4OSi/c1-13-14(7-8-22-23(5,6)15(2,3)4)17(11-20,12-21)16(13,9-18)10-19/h7-8,13-14H,1-6H3/b8-7+/t13-,14+/m0/s1. The molecule has 0 heterocycles. The molecule has 1 saturated carbocycles. The van der Waals surface area contributed by atoms with E-state index in [-0.39, 0.29) is 5.04 Å². The molecule has 120 valence electrons. The first kappa shape index (κ1) is 18.8. The van der Waals surface area contributed by atoms with E-state index >= 15 is 0 Å². The molecule has 0 aromatic rings. The third kappa shape index (κ3) is 2.41. The van der Waals surface area contributed by atoms with Crippen LogP contribution >= 0.6 is 0 Å². The van der Waals surface area contributed by atoms with Gasteiger partial charge in [-0.25, -0.2) is 0 Å². The highest BCUT2D eigenvalue weighted by molar-refractivity contribution is 6.74. The first-order chi connectivity index (χ1) is 10.5. The van der Waals surface area contributed by atoms with Gasteiger partial charge in [-0.3, -0.25) is 0 Å². The minimum Gasteiger partial charge on any atom is -0.549 e. The lowest BCUT2D eigenvalue weighted by Gasteiger charge is -2.53. The third-order valence-electron chi connectivity index (χ3n) is 5.50. The molecule has 23 heavy (non-hydrogen) atoms. The van der Waals surface area contributed by atoms with Gasteiger partial charge in [0, 0.05) is 5.92 Å². The van der Waals surface area contributed by atoms with E-state index in [9.17, 15) is 21.0 Å². The Kier molecular flexibility index (Phi) is 4.68. The molecule has 0 bridgehead atoms. The molecule has 6 heteroatoms. The van der Waals surface area contributed by atoms with Crippen molar-refractivity contribution in [3.05, 3.63) is 12.3 Å². The first-order valence-electron chi connectivity index (χ1n) is 7.49. The number of hydrogen-bond donors (Lipinski definition) is 0. The van der Waals surface area contributed by atoms with Crippen LogP contribution in [-0.4, -0.2) is 8.32 Å². The van der Waals surface area contributed by atoms with Crippen LogP contribution in [0.1, 0.15) is 27.7 Å². The Hall–Kier alpha value is -2.28. The number of nitrogens with zero attached hydrogens (tertiary/aromatic N) is 4. The van der Waals surface area contributed by atoms with Crippen LogP contribution < -0.4 is 0 Å². The van der Waals surface area contributed by atoms with Crippen molar-refractivity contribution >= 4 is 8.32 Å². The van der Waals surface area contributed by atoms with E-state index in [0.29, 0.717) is 0 Å². The molecule has 5 nitrogen and oxygen atoms in total. The fourth-order valence-electron chi connectivity index (χ4n) is 2.71. The quantitative estimate of drug-likeness (QED) is 0.578. The SMILES string of the molecule is C[C@H]1[C@@H](/C=C/O[Si](C)(C)C(C)(C)C)C(C#N)(C#N)C1(C#N)C#N. The molecule has 1 aliphatic carbocycles. The van der Waals surface area contributed by atoms with Crippen LogP contribution in [0.15, 0.2) is 12.3 Å². The molecule has 1 fully saturated rings. The van der Waals surface area contributed by atoms with Gasteiger partial charge < -0.3 is 4.43 Å². The Balaban J connectivity index is 3.11. The van der Waals surface area contributed by atoms with E-state index in [1.54, 1.807) is 19.3 Å². The Morgan fingerprint density at radius 3 is 1.74 bits per heavy atom. The van der Waals surface area contributed by atoms with Crippen LogP contribution in [0.4, 0.5) is 0 Å². The number of hydrogen-bond acceptors (Lipinski definition) is 5. The maximum absolute atomic E-state index is 9.47. The lowest BCUT2D eigenvalue weighted by atomic mass is 9.40. The molecular formula is C17H22N4OSi. The molecule has 0 aromatic carbocycles. The maximum Gasteiger partial charge on any atom is 0.249 e. The average molecular weight is 326 g/mol. The van der Waals surface area contributed by atoms with Gasteiger partial charge >= 0.3 is 0 Å². The molecule has 0 saturated heterocycles. The Labute approximate surface area is 139 Å². The lowest BCUT2D eigenvalue weighted by Crippen LogP contribution is -2.61. The Morgan fingerprint density at radius 1 is 0.957 bits per heavy atom. The largest absolute Gasteiger partial charge is 0.549 e. The second kappa shape index (κ2) is 5.73. The van der Waals surface area contributed by atoms with Gasteiger partial charge in [0.05, 0.1) is 30.5 Å². The summed E-state index contributed by atoms with van der Waals surface area (Å²) in [6.07, 6.45) is 3.23. The molecule has 0 unspecified atom stereocenters. The van der Waals surface area contributed by atoms with Gasteiger partial charge in [0.2, 0.25) is 8.32 Å². The van der Waals surface area contributed by atoms with E-state index in [1.807, 2.05) is 24.3 Å². The van der Waals surface area contributed by atoms with Crippen LogP contribution in [0, 0.1) is 68.0 Å². The molecule has 0 aromatic heterocycles. The summed E-state index contributed by atoms with van der Waals surface area (Å²) in [4.78, 5) is 0. The zero-order valence-electron chi connectivity index (χ0n) is 14.5. The molecule has 1 rings (SSSR count). The van der Waals surface area contributed by atoms with Crippen molar-refractivity contribution in [1.82, 2.24) is 0 Å². The summed E-state index contributed by atoms with van der Waals surface area (Å²) in [5.74, 6) is -0.905. The van der Waals surface area contributed by atoms with E-state index in [2.05, 4.69) is 33.9 Å². The van der Waals surface area contributed by atoms with E-state index in [4.69, 9.17) is 4.43 Å². The van der Waals surface area contributed by atoms with Crippen LogP contribution in [-0.2, 0) is 4.43 Å². The molecule has 2 atom stereocenters. The molecule has 0 N–H and O–H groups in total. The van der Waals surface area contributed by atoms with Gasteiger partial charge in [-0.1, -0.05) is 27.7 Å². The lowest BCUT2D eigenvalue weighted by molar-refractivity contribution is -0.0142. The summed E-state index contributed by atoms with van der Waals surface area (Å²) in [6.45, 7) is 12.3. The van der Waals surface area contributed by atoms with Crippen LogP contribution in [0.5, 0.6) is 0 Å². The molecular weight excluding hydrogens is 304 g/mol. The summed E-state index contributed by atoms with van der Waals surface area (Å²) >= 11 is 0. The van der Waals surface area contributed by atoms with Gasteiger partial charge in [0.25, 0.3) is 0 Å². The zero-order chi connectivity index (χ0) is 18.1. The highest BCUT2D eigenvalue weighted by atomic mass is 28.4. The zero-order valence-corrected chi connectivity index (χ0v) is 15.5. The van der Waals surface area contributed by atoms with Crippen molar-refractivity contribution in [2.24, 2.45) is 22.7 Å². The molecule has 1 aliphatic rings. The van der Waals surface area contributed by atoms with Gasteiger partial charge in [-0.15, -0.1) is 0 Å². The molecule has 0 radical (unpaired) electrons. The summed E-state index contributed by atoms with van der Waals surface area (Å²) in [5.41, 5.74) is -3.24. The summed E-state index contributed by atoms with van der Waals surface area (Å²) in [7, 11) is -1.98. The molecule has 0 aliphatic heterocycles. The van der Waals surface area contributed by atoms with Crippen molar-refractivity contribution in [1.29, 1.82) is 21.0 Å². The van der Waals surface area contributed by atoms with Gasteiger partial charge in [0.1, 0.15) is 0 Å². The maximum atomic E-state index is 9.47. The van der Waals surface area contributed by atoms with Crippen molar-refractivity contribution in [2.45, 2.75) is 45.8 Å². The summed E-state index contributed by atoms with van der Waals surface area (Å²) < 4.78 is 5.94. The molecule has 0 amide bonds. The van der Waals surface area contributed by atoms with Gasteiger partial charge in [-0.05, 0) is 30.1 Å². The fraction of sp³-hybridized carbons (Fsp3) is 0.647. The number of allylic oxidation sites excluding steroid dienone is 1. The van der Waals surface area contributed by atoms with Crippen LogP contribution in [0.25, 0.3) is 0 Å². The number of nitriles is 4. The summed E-state index contributed by atoms with van der Waals surface area (Å²) in [5, 5.41) is 37.7. The fourth-order valence-corrected chi connectivity index (χ4v) is 3.48. The molecule has 0 spiro atoms. The van der Waals surface area contributed by atoms with Crippen molar-refractivity contribution in [2.75, 3.05) is 0 Å². The van der Waals surface area contributed by atoms with Crippen LogP contribution in [0.3, 0.4) is 0 Å². The topological polar surface area (TPSA) is 104 Å². The first-order valence-corrected chi connectivity index (χ1v) is 10.4. The second-order valence-electron chi connectivity index (χ2n) is 7.58. The minimum absolute atomic E-state index is 0.0349. The summed E-state index contributed by atoms with van der Waals surface area (Å²) in [6, 6.07) is 7.62. The second-order valence-corrected chi connectivity index (χ2v) is 12.3. The van der Waals surface area contributed by atoms with Gasteiger partial charge in [-0.2, -0.15) is 21.0 Å². The van der Waals surface area contributed by atoms with E-state index in [0.717, 1.165) is 0 Å². The normalized spacial score (nSPS) is 25.3. The van der Waals surface area contributed by atoms with Crippen molar-refractivity contribution in [3.63, 3.8) is 0 Å². The third-order valence-corrected chi connectivity index (χ3v) is 9.84. The van der Waals surface area contributed by atoms with E-state index < -0.39 is 31.0 Å². The highest BCUT2D eigenvalue weighted by Crippen LogP contribution is 2.64. The Bertz CT molecular complexity index is 648. The monoisotopic (exact) mass is 326 g/mol. The van der Waals surface area contributed by atoms with E-state index in [1.165, 1.54) is 0 Å². The average Bonchev–Trinajstić information content (AvgIpc) is 2.48. The van der Waals surface area contributed by atoms with Crippen molar-refractivity contribution in [3.8, 4) is 24.3 Å².